The molecule has 1 saturated heterocycles. The Balaban J connectivity index is 1.74. The number of rotatable bonds is 7. The van der Waals surface area contributed by atoms with E-state index in [1.54, 1.807) is 6.08 Å². The lowest BCUT2D eigenvalue weighted by atomic mass is 10.3. The van der Waals surface area contributed by atoms with Crippen LogP contribution in [0, 0.1) is 6.92 Å². The first-order chi connectivity index (χ1) is 10.7. The predicted molar refractivity (Wildman–Crippen MR) is 83.3 cm³/mol. The van der Waals surface area contributed by atoms with E-state index < -0.39 is 0 Å². The normalized spacial score (nSPS) is 16.5. The summed E-state index contributed by atoms with van der Waals surface area (Å²) in [4.78, 5) is 16.4. The number of carbonyl (C=O) groups is 1. The van der Waals surface area contributed by atoms with Crippen molar-refractivity contribution in [3.8, 4) is 0 Å². The molecule has 0 aromatic carbocycles. The van der Waals surface area contributed by atoms with E-state index in [-0.39, 0.29) is 5.91 Å². The third-order valence-corrected chi connectivity index (χ3v) is 3.70. The molecule has 22 heavy (non-hydrogen) atoms. The zero-order chi connectivity index (χ0) is 15.8. The van der Waals surface area contributed by atoms with E-state index >= 15 is 0 Å². The van der Waals surface area contributed by atoms with Crippen molar-refractivity contribution in [3.05, 3.63) is 30.2 Å². The maximum absolute atomic E-state index is 12.2. The molecule has 0 atom stereocenters. The standard InChI is InChI=1S/C16H25N3O3/c1-3-10-21-11-5-16(20)19-7-4-6-18(8-9-19)13-15-12-14(2)22-17-15/h3,12H,1,4-11,13H2,2H3. The van der Waals surface area contributed by atoms with Crippen LogP contribution in [0.3, 0.4) is 0 Å². The molecule has 0 bridgehead atoms. The number of carbonyl (C=O) groups excluding carboxylic acids is 1. The Kier molecular flexibility index (Phi) is 6.61. The van der Waals surface area contributed by atoms with Crippen LogP contribution in [-0.2, 0) is 16.1 Å². The molecule has 6 heteroatoms. The fourth-order valence-electron chi connectivity index (χ4n) is 2.58. The molecule has 0 aliphatic carbocycles. The molecule has 1 aromatic heterocycles. The molecular weight excluding hydrogens is 282 g/mol. The largest absolute Gasteiger partial charge is 0.377 e. The van der Waals surface area contributed by atoms with Crippen molar-refractivity contribution in [2.75, 3.05) is 39.4 Å². The summed E-state index contributed by atoms with van der Waals surface area (Å²) in [7, 11) is 0. The Hall–Kier alpha value is -1.66. The fraction of sp³-hybridized carbons (Fsp3) is 0.625. The second-order valence-electron chi connectivity index (χ2n) is 5.55. The highest BCUT2D eigenvalue weighted by Crippen LogP contribution is 2.10. The highest BCUT2D eigenvalue weighted by Gasteiger charge is 2.19. The van der Waals surface area contributed by atoms with Gasteiger partial charge in [0, 0.05) is 38.8 Å². The predicted octanol–water partition coefficient (Wildman–Crippen LogP) is 1.61. The van der Waals surface area contributed by atoms with Crippen LogP contribution in [0.15, 0.2) is 23.2 Å². The van der Waals surface area contributed by atoms with Crippen molar-refractivity contribution in [2.24, 2.45) is 0 Å². The molecule has 2 heterocycles. The number of amides is 1. The van der Waals surface area contributed by atoms with Crippen LogP contribution < -0.4 is 0 Å². The zero-order valence-corrected chi connectivity index (χ0v) is 13.3. The number of aromatic nitrogens is 1. The molecular formula is C16H25N3O3. The van der Waals surface area contributed by atoms with Crippen molar-refractivity contribution in [1.29, 1.82) is 0 Å². The quantitative estimate of drug-likeness (QED) is 0.566. The first-order valence-corrected chi connectivity index (χ1v) is 7.80. The molecule has 0 spiro atoms. The molecule has 2 rings (SSSR count). The summed E-state index contributed by atoms with van der Waals surface area (Å²) in [5.74, 6) is 1.00. The first-order valence-electron chi connectivity index (χ1n) is 7.80. The summed E-state index contributed by atoms with van der Waals surface area (Å²) in [5, 5.41) is 4.03. The van der Waals surface area contributed by atoms with Gasteiger partial charge in [0.25, 0.3) is 0 Å². The molecule has 6 nitrogen and oxygen atoms in total. The van der Waals surface area contributed by atoms with Gasteiger partial charge in [0.2, 0.25) is 5.91 Å². The van der Waals surface area contributed by atoms with Gasteiger partial charge in [-0.3, -0.25) is 9.69 Å². The summed E-state index contributed by atoms with van der Waals surface area (Å²) in [6.07, 6.45) is 3.12. The van der Waals surface area contributed by atoms with Crippen LogP contribution in [0.1, 0.15) is 24.3 Å². The fourth-order valence-corrected chi connectivity index (χ4v) is 2.58. The highest BCUT2D eigenvalue weighted by atomic mass is 16.5. The third kappa shape index (κ3) is 5.27. The SMILES string of the molecule is C=CCOCCC(=O)N1CCCN(Cc2cc(C)on2)CC1. The van der Waals surface area contributed by atoms with Gasteiger partial charge in [-0.25, -0.2) is 0 Å². The molecule has 0 unspecified atom stereocenters. The van der Waals surface area contributed by atoms with E-state index in [9.17, 15) is 4.79 Å². The lowest BCUT2D eigenvalue weighted by Gasteiger charge is -2.21. The second-order valence-corrected chi connectivity index (χ2v) is 5.55. The van der Waals surface area contributed by atoms with Crippen LogP contribution in [0.4, 0.5) is 0 Å². The maximum atomic E-state index is 12.2. The molecule has 0 saturated carbocycles. The average Bonchev–Trinajstić information content (AvgIpc) is 2.77. The lowest BCUT2D eigenvalue weighted by Crippen LogP contribution is -2.35. The van der Waals surface area contributed by atoms with Crippen LogP contribution in [-0.4, -0.2) is 60.3 Å². The monoisotopic (exact) mass is 307 g/mol. The molecule has 1 amide bonds. The van der Waals surface area contributed by atoms with Crippen molar-refractivity contribution in [3.63, 3.8) is 0 Å². The first kappa shape index (κ1) is 16.7. The zero-order valence-electron chi connectivity index (χ0n) is 13.3. The van der Waals surface area contributed by atoms with Crippen LogP contribution in [0.25, 0.3) is 0 Å². The molecule has 1 aromatic rings. The Morgan fingerprint density at radius 3 is 3.05 bits per heavy atom. The molecule has 0 radical (unpaired) electrons. The maximum Gasteiger partial charge on any atom is 0.224 e. The summed E-state index contributed by atoms with van der Waals surface area (Å²) in [5.41, 5.74) is 0.954. The highest BCUT2D eigenvalue weighted by molar-refractivity contribution is 5.76. The van der Waals surface area contributed by atoms with Crippen LogP contribution >= 0.6 is 0 Å². The van der Waals surface area contributed by atoms with Crippen molar-refractivity contribution in [2.45, 2.75) is 26.3 Å². The Bertz CT molecular complexity index is 487. The summed E-state index contributed by atoms with van der Waals surface area (Å²) < 4.78 is 10.4. The van der Waals surface area contributed by atoms with Crippen molar-refractivity contribution < 1.29 is 14.1 Å². The Morgan fingerprint density at radius 1 is 1.45 bits per heavy atom. The van der Waals surface area contributed by atoms with E-state index in [1.165, 1.54) is 0 Å². The smallest absolute Gasteiger partial charge is 0.224 e. The van der Waals surface area contributed by atoms with Gasteiger partial charge in [-0.1, -0.05) is 11.2 Å². The van der Waals surface area contributed by atoms with Gasteiger partial charge in [0.1, 0.15) is 5.76 Å². The molecule has 1 aliphatic rings. The Labute approximate surface area is 131 Å². The minimum absolute atomic E-state index is 0.170. The van der Waals surface area contributed by atoms with Gasteiger partial charge in [-0.15, -0.1) is 6.58 Å². The van der Waals surface area contributed by atoms with Gasteiger partial charge in [0.15, 0.2) is 0 Å². The van der Waals surface area contributed by atoms with E-state index in [0.717, 1.165) is 50.6 Å². The molecule has 1 aliphatic heterocycles. The van der Waals surface area contributed by atoms with Gasteiger partial charge >= 0.3 is 0 Å². The second kappa shape index (κ2) is 8.70. The van der Waals surface area contributed by atoms with E-state index in [0.29, 0.717) is 19.6 Å². The van der Waals surface area contributed by atoms with Crippen molar-refractivity contribution in [1.82, 2.24) is 15.0 Å². The average molecular weight is 307 g/mol. The minimum Gasteiger partial charge on any atom is -0.377 e. The summed E-state index contributed by atoms with van der Waals surface area (Å²) in [6, 6.07) is 1.96. The molecule has 122 valence electrons. The van der Waals surface area contributed by atoms with Crippen LogP contribution in [0.5, 0.6) is 0 Å². The number of hydrogen-bond acceptors (Lipinski definition) is 5. The van der Waals surface area contributed by atoms with Gasteiger partial charge in [-0.2, -0.15) is 0 Å². The number of nitrogens with zero attached hydrogens (tertiary/aromatic N) is 3. The molecule has 1 fully saturated rings. The third-order valence-electron chi connectivity index (χ3n) is 3.70. The van der Waals surface area contributed by atoms with E-state index in [2.05, 4.69) is 16.6 Å². The lowest BCUT2D eigenvalue weighted by molar-refractivity contribution is -0.132. The van der Waals surface area contributed by atoms with E-state index in [1.807, 2.05) is 17.9 Å². The number of aryl methyl sites for hydroxylation is 1. The Morgan fingerprint density at radius 2 is 2.32 bits per heavy atom. The topological polar surface area (TPSA) is 58.8 Å². The van der Waals surface area contributed by atoms with Crippen LogP contribution in [0.2, 0.25) is 0 Å². The summed E-state index contributed by atoms with van der Waals surface area (Å²) >= 11 is 0. The summed E-state index contributed by atoms with van der Waals surface area (Å²) in [6.45, 7) is 10.6. The minimum atomic E-state index is 0.170. The van der Waals surface area contributed by atoms with Gasteiger partial charge < -0.3 is 14.2 Å². The number of ether oxygens (including phenoxy) is 1. The van der Waals surface area contributed by atoms with E-state index in [4.69, 9.17) is 9.26 Å². The molecule has 0 N–H and O–H groups in total. The van der Waals surface area contributed by atoms with Crippen molar-refractivity contribution >= 4 is 5.91 Å². The van der Waals surface area contributed by atoms with Gasteiger partial charge in [0.05, 0.1) is 25.3 Å². The number of hydrogen-bond donors (Lipinski definition) is 0. The van der Waals surface area contributed by atoms with Gasteiger partial charge in [-0.05, 0) is 13.3 Å².